The lowest BCUT2D eigenvalue weighted by Gasteiger charge is -2.12. The topological polar surface area (TPSA) is 47.3 Å². The number of aromatic nitrogens is 1. The average Bonchev–Trinajstić information content (AvgIpc) is 2.90. The lowest BCUT2D eigenvalue weighted by atomic mass is 10.1. The molecule has 19 heavy (non-hydrogen) atoms. The highest BCUT2D eigenvalue weighted by Gasteiger charge is 2.17. The molecule has 0 saturated carbocycles. The molecule has 1 atom stereocenters. The zero-order valence-electron chi connectivity index (χ0n) is 11.4. The van der Waals surface area contributed by atoms with Gasteiger partial charge in [-0.05, 0) is 12.1 Å². The molecule has 4 nitrogen and oxygen atoms in total. The van der Waals surface area contributed by atoms with Gasteiger partial charge in [0.1, 0.15) is 6.10 Å². The van der Waals surface area contributed by atoms with Crippen molar-refractivity contribution in [3.8, 4) is 0 Å². The summed E-state index contributed by atoms with van der Waals surface area (Å²) in [5.41, 5.74) is 1.07. The summed E-state index contributed by atoms with van der Waals surface area (Å²) in [6, 6.07) is 10.0. The van der Waals surface area contributed by atoms with E-state index >= 15 is 0 Å². The Morgan fingerprint density at radius 1 is 1.32 bits per heavy atom. The second-order valence-corrected chi connectivity index (χ2v) is 4.29. The van der Waals surface area contributed by atoms with Crippen LogP contribution in [0.1, 0.15) is 30.2 Å². The maximum Gasteiger partial charge on any atom is 0.195 e. The highest BCUT2D eigenvalue weighted by Crippen LogP contribution is 2.25. The van der Waals surface area contributed by atoms with Gasteiger partial charge in [0.05, 0.1) is 6.20 Å². The normalized spacial score (nSPS) is 12.5. The fourth-order valence-corrected chi connectivity index (χ4v) is 1.98. The SMILES string of the molecule is CCNCCc1ncc(C(OC)c2ccccc2)o1. The Hall–Kier alpha value is -1.65. The Bertz CT molecular complexity index is 482. The molecule has 2 rings (SSSR count). The van der Waals surface area contributed by atoms with Crippen molar-refractivity contribution in [3.63, 3.8) is 0 Å². The molecule has 0 aliphatic rings. The molecule has 2 aromatic rings. The van der Waals surface area contributed by atoms with Crippen molar-refractivity contribution in [2.75, 3.05) is 20.2 Å². The third-order valence-corrected chi connectivity index (χ3v) is 2.93. The summed E-state index contributed by atoms with van der Waals surface area (Å²) in [5.74, 6) is 1.49. The molecule has 1 N–H and O–H groups in total. The molecule has 1 heterocycles. The molecule has 102 valence electrons. The van der Waals surface area contributed by atoms with Gasteiger partial charge in [-0.15, -0.1) is 0 Å². The number of oxazole rings is 1. The van der Waals surface area contributed by atoms with Gasteiger partial charge in [0.15, 0.2) is 11.7 Å². The summed E-state index contributed by atoms with van der Waals surface area (Å²) in [7, 11) is 1.68. The first-order valence-corrected chi connectivity index (χ1v) is 6.58. The smallest absolute Gasteiger partial charge is 0.195 e. The van der Waals surface area contributed by atoms with Gasteiger partial charge < -0.3 is 14.5 Å². The fourth-order valence-electron chi connectivity index (χ4n) is 1.98. The number of methoxy groups -OCH3 is 1. The molecule has 0 fully saturated rings. The van der Waals surface area contributed by atoms with E-state index in [0.717, 1.165) is 36.7 Å². The average molecular weight is 260 g/mol. The van der Waals surface area contributed by atoms with E-state index in [-0.39, 0.29) is 6.10 Å². The second kappa shape index (κ2) is 7.07. The van der Waals surface area contributed by atoms with Crippen LogP contribution in [0, 0.1) is 0 Å². The van der Waals surface area contributed by atoms with Gasteiger partial charge >= 0.3 is 0 Å². The molecule has 1 aromatic carbocycles. The predicted octanol–water partition coefficient (Wildman–Crippen LogP) is 2.56. The molecule has 0 spiro atoms. The monoisotopic (exact) mass is 260 g/mol. The molecule has 0 amide bonds. The van der Waals surface area contributed by atoms with Gasteiger partial charge in [-0.25, -0.2) is 4.98 Å². The number of nitrogens with one attached hydrogen (secondary N) is 1. The number of likely N-dealkylation sites (N-methyl/N-ethyl adjacent to an activating group) is 1. The number of rotatable bonds is 7. The number of hydrogen-bond donors (Lipinski definition) is 1. The third-order valence-electron chi connectivity index (χ3n) is 2.93. The Morgan fingerprint density at radius 3 is 2.79 bits per heavy atom. The van der Waals surface area contributed by atoms with Crippen LogP contribution in [0.2, 0.25) is 0 Å². The van der Waals surface area contributed by atoms with E-state index in [9.17, 15) is 0 Å². The fraction of sp³-hybridized carbons (Fsp3) is 0.400. The van der Waals surface area contributed by atoms with Crippen molar-refractivity contribution in [3.05, 3.63) is 53.7 Å². The Labute approximate surface area is 113 Å². The van der Waals surface area contributed by atoms with Crippen molar-refractivity contribution in [1.29, 1.82) is 0 Å². The van der Waals surface area contributed by atoms with E-state index in [1.807, 2.05) is 30.3 Å². The highest BCUT2D eigenvalue weighted by molar-refractivity contribution is 5.23. The molecule has 0 saturated heterocycles. The lowest BCUT2D eigenvalue weighted by Crippen LogP contribution is -2.16. The largest absolute Gasteiger partial charge is 0.443 e. The van der Waals surface area contributed by atoms with Crippen LogP contribution in [0.3, 0.4) is 0 Å². The predicted molar refractivity (Wildman–Crippen MR) is 74.0 cm³/mol. The minimum Gasteiger partial charge on any atom is -0.443 e. The lowest BCUT2D eigenvalue weighted by molar-refractivity contribution is 0.115. The van der Waals surface area contributed by atoms with Crippen molar-refractivity contribution < 1.29 is 9.15 Å². The minimum absolute atomic E-state index is 0.193. The van der Waals surface area contributed by atoms with Gasteiger partial charge in [0, 0.05) is 20.1 Å². The van der Waals surface area contributed by atoms with Crippen molar-refractivity contribution >= 4 is 0 Å². The summed E-state index contributed by atoms with van der Waals surface area (Å²) in [6.45, 7) is 3.91. The maximum atomic E-state index is 5.76. The number of hydrogen-bond acceptors (Lipinski definition) is 4. The van der Waals surface area contributed by atoms with Crippen LogP contribution in [0.4, 0.5) is 0 Å². The second-order valence-electron chi connectivity index (χ2n) is 4.29. The van der Waals surface area contributed by atoms with Crippen LogP contribution < -0.4 is 5.32 Å². The summed E-state index contributed by atoms with van der Waals surface area (Å²) in [6.07, 6.45) is 2.35. The van der Waals surface area contributed by atoms with Gasteiger partial charge in [0.2, 0.25) is 0 Å². The molecule has 1 unspecified atom stereocenters. The summed E-state index contributed by atoms with van der Waals surface area (Å²) < 4.78 is 11.3. The first-order valence-electron chi connectivity index (χ1n) is 6.58. The Kier molecular flexibility index (Phi) is 5.12. The van der Waals surface area contributed by atoms with Crippen LogP contribution >= 0.6 is 0 Å². The van der Waals surface area contributed by atoms with Gasteiger partial charge in [-0.2, -0.15) is 0 Å². The van der Waals surface area contributed by atoms with E-state index in [2.05, 4.69) is 17.2 Å². The van der Waals surface area contributed by atoms with Crippen LogP contribution in [-0.4, -0.2) is 25.2 Å². The van der Waals surface area contributed by atoms with Crippen molar-refractivity contribution in [2.24, 2.45) is 0 Å². The molecule has 0 radical (unpaired) electrons. The zero-order chi connectivity index (χ0) is 13.5. The summed E-state index contributed by atoms with van der Waals surface area (Å²) in [5, 5.41) is 3.25. The van der Waals surface area contributed by atoms with Gasteiger partial charge in [-0.3, -0.25) is 0 Å². The summed E-state index contributed by atoms with van der Waals surface area (Å²) >= 11 is 0. The molecule has 4 heteroatoms. The number of nitrogens with zero attached hydrogens (tertiary/aromatic N) is 1. The van der Waals surface area contributed by atoms with E-state index in [1.165, 1.54) is 0 Å². The number of ether oxygens (including phenoxy) is 1. The van der Waals surface area contributed by atoms with Crippen molar-refractivity contribution in [1.82, 2.24) is 10.3 Å². The Balaban J connectivity index is 2.07. The summed E-state index contributed by atoms with van der Waals surface area (Å²) in [4.78, 5) is 4.30. The zero-order valence-corrected chi connectivity index (χ0v) is 11.4. The van der Waals surface area contributed by atoms with Crippen LogP contribution in [0.25, 0.3) is 0 Å². The molecule has 1 aromatic heterocycles. The molecular weight excluding hydrogens is 240 g/mol. The van der Waals surface area contributed by atoms with Crippen LogP contribution in [-0.2, 0) is 11.2 Å². The van der Waals surface area contributed by atoms with E-state index < -0.39 is 0 Å². The van der Waals surface area contributed by atoms with E-state index in [4.69, 9.17) is 9.15 Å². The molecular formula is C15H20N2O2. The van der Waals surface area contributed by atoms with Crippen LogP contribution in [0.5, 0.6) is 0 Å². The first-order chi connectivity index (χ1) is 9.35. The Morgan fingerprint density at radius 2 is 2.11 bits per heavy atom. The quantitative estimate of drug-likeness (QED) is 0.777. The molecule has 0 aliphatic carbocycles. The van der Waals surface area contributed by atoms with E-state index in [0.29, 0.717) is 0 Å². The number of benzene rings is 1. The standard InChI is InChI=1S/C15H20N2O2/c1-3-16-10-9-14-17-11-13(19-14)15(18-2)12-7-5-4-6-8-12/h4-8,11,15-16H,3,9-10H2,1-2H3. The highest BCUT2D eigenvalue weighted by atomic mass is 16.5. The van der Waals surface area contributed by atoms with Crippen LogP contribution in [0.15, 0.2) is 40.9 Å². The minimum atomic E-state index is -0.193. The maximum absolute atomic E-state index is 5.76. The van der Waals surface area contributed by atoms with E-state index in [1.54, 1.807) is 13.3 Å². The first kappa shape index (κ1) is 13.8. The van der Waals surface area contributed by atoms with Gasteiger partial charge in [-0.1, -0.05) is 37.3 Å². The van der Waals surface area contributed by atoms with Gasteiger partial charge in [0.25, 0.3) is 0 Å². The van der Waals surface area contributed by atoms with Crippen molar-refractivity contribution in [2.45, 2.75) is 19.4 Å². The third kappa shape index (κ3) is 3.66. The molecule has 0 bridgehead atoms. The molecule has 0 aliphatic heterocycles.